The maximum Gasteiger partial charge on any atom is 0.412 e. The van der Waals surface area contributed by atoms with Gasteiger partial charge in [0.2, 0.25) is 5.91 Å². The van der Waals surface area contributed by atoms with Crippen LogP contribution in [0.5, 0.6) is 0 Å². The minimum absolute atomic E-state index is 0.0974. The van der Waals surface area contributed by atoms with Gasteiger partial charge in [-0.25, -0.2) is 13.6 Å². The van der Waals surface area contributed by atoms with E-state index in [2.05, 4.69) is 15.4 Å². The average molecular weight is 514 g/mol. The number of allylic oxidation sites excluding steroid dienone is 2. The molecule has 0 radical (unpaired) electrons. The van der Waals surface area contributed by atoms with Gasteiger partial charge >= 0.3 is 12.1 Å². The quantitative estimate of drug-likeness (QED) is 0.329. The lowest BCUT2D eigenvalue weighted by Crippen LogP contribution is -2.28. The number of hydrogen-bond donors (Lipinski definition) is 3. The molecule has 0 saturated heterocycles. The third-order valence-corrected chi connectivity index (χ3v) is 6.26. The van der Waals surface area contributed by atoms with Gasteiger partial charge < -0.3 is 20.2 Å². The summed E-state index contributed by atoms with van der Waals surface area (Å²) >= 11 is 0. The van der Waals surface area contributed by atoms with E-state index < -0.39 is 41.8 Å². The third-order valence-electron chi connectivity index (χ3n) is 6.26. The van der Waals surface area contributed by atoms with Crippen LogP contribution in [0.4, 0.5) is 19.3 Å². The molecule has 0 aromatic heterocycles. The minimum Gasteiger partial charge on any atom is -0.469 e. The normalized spacial score (nSPS) is 19.1. The molecule has 3 unspecified atom stereocenters. The molecule has 2 aromatic carbocycles. The standard InChI is InChI=1S/C27H29F2N3O5/c1-14-8-6-7-9-20(14)17(4)37-26(35)32-23(16(3)30)15(2)18-10-12-19(13-11-18)31-24(33)21-22(25(34)36-5)27(21,28)29/h6-13,17,21-22,30H,1-5H3,(H,31,33)(H,32,35)/b23-15-,30-16?. The molecular weight excluding hydrogens is 484 g/mol. The molecule has 37 heavy (non-hydrogen) atoms. The molecule has 1 fully saturated rings. The molecule has 1 aliphatic rings. The number of carbonyl (C=O) groups excluding carboxylic acids is 3. The molecule has 196 valence electrons. The van der Waals surface area contributed by atoms with Crippen molar-refractivity contribution >= 4 is 34.9 Å². The van der Waals surface area contributed by atoms with Gasteiger partial charge in [0.25, 0.3) is 5.92 Å². The molecule has 10 heteroatoms. The molecule has 1 saturated carbocycles. The number of amides is 2. The van der Waals surface area contributed by atoms with Crippen LogP contribution in [0, 0.1) is 24.2 Å². The summed E-state index contributed by atoms with van der Waals surface area (Å²) in [4.78, 5) is 36.3. The fraction of sp³-hybridized carbons (Fsp3) is 0.333. The van der Waals surface area contributed by atoms with Crippen LogP contribution in [0.25, 0.3) is 5.57 Å². The minimum atomic E-state index is -3.45. The first kappa shape index (κ1) is 27.5. The van der Waals surface area contributed by atoms with Gasteiger partial charge in [-0.3, -0.25) is 14.9 Å². The molecule has 3 rings (SSSR count). The Hall–Kier alpha value is -4.08. The second-order valence-corrected chi connectivity index (χ2v) is 8.87. The smallest absolute Gasteiger partial charge is 0.412 e. The highest BCUT2D eigenvalue weighted by atomic mass is 19.3. The van der Waals surface area contributed by atoms with Crippen molar-refractivity contribution < 1.29 is 32.6 Å². The van der Waals surface area contributed by atoms with Crippen LogP contribution >= 0.6 is 0 Å². The van der Waals surface area contributed by atoms with Crippen LogP contribution in [0.3, 0.4) is 0 Å². The predicted octanol–water partition coefficient (Wildman–Crippen LogP) is 5.25. The van der Waals surface area contributed by atoms with E-state index in [1.54, 1.807) is 26.0 Å². The number of methoxy groups -OCH3 is 1. The number of hydrogen-bond acceptors (Lipinski definition) is 6. The van der Waals surface area contributed by atoms with Crippen LogP contribution in [0.15, 0.2) is 54.2 Å². The number of ether oxygens (including phenoxy) is 2. The highest BCUT2D eigenvalue weighted by molar-refractivity contribution is 6.05. The highest BCUT2D eigenvalue weighted by Crippen LogP contribution is 2.56. The number of rotatable bonds is 8. The first-order chi connectivity index (χ1) is 17.4. The van der Waals surface area contributed by atoms with Crippen LogP contribution in [0.2, 0.25) is 0 Å². The topological polar surface area (TPSA) is 118 Å². The molecule has 2 aromatic rings. The average Bonchev–Trinajstić information content (AvgIpc) is 3.44. The Balaban J connectivity index is 1.69. The van der Waals surface area contributed by atoms with Gasteiger partial charge in [0, 0.05) is 5.69 Å². The maximum atomic E-state index is 13.9. The summed E-state index contributed by atoms with van der Waals surface area (Å²) in [6, 6.07) is 13.8. The van der Waals surface area contributed by atoms with E-state index in [4.69, 9.17) is 10.1 Å². The Morgan fingerprint density at radius 3 is 2.22 bits per heavy atom. The van der Waals surface area contributed by atoms with Crippen molar-refractivity contribution in [2.75, 3.05) is 12.4 Å². The van der Waals surface area contributed by atoms with E-state index in [0.717, 1.165) is 18.2 Å². The Bertz CT molecular complexity index is 1260. The van der Waals surface area contributed by atoms with E-state index in [9.17, 15) is 23.2 Å². The zero-order valence-corrected chi connectivity index (χ0v) is 21.1. The van der Waals surface area contributed by atoms with Crippen molar-refractivity contribution in [1.29, 1.82) is 5.41 Å². The van der Waals surface area contributed by atoms with E-state index >= 15 is 0 Å². The fourth-order valence-electron chi connectivity index (χ4n) is 4.11. The van der Waals surface area contributed by atoms with E-state index in [1.165, 1.54) is 19.1 Å². The molecule has 3 atom stereocenters. The first-order valence-corrected chi connectivity index (χ1v) is 11.5. The van der Waals surface area contributed by atoms with E-state index in [-0.39, 0.29) is 17.1 Å². The number of alkyl carbamates (subject to hydrolysis) is 1. The van der Waals surface area contributed by atoms with Gasteiger partial charge in [-0.2, -0.15) is 0 Å². The van der Waals surface area contributed by atoms with E-state index in [0.29, 0.717) is 11.1 Å². The maximum absolute atomic E-state index is 13.9. The van der Waals surface area contributed by atoms with Crippen molar-refractivity contribution in [3.8, 4) is 0 Å². The number of nitrogens with one attached hydrogen (secondary N) is 3. The summed E-state index contributed by atoms with van der Waals surface area (Å²) in [5.74, 6) is -9.15. The monoisotopic (exact) mass is 513 g/mol. The molecule has 8 nitrogen and oxygen atoms in total. The molecule has 2 amide bonds. The summed E-state index contributed by atoms with van der Waals surface area (Å²) in [7, 11) is 0.990. The highest BCUT2D eigenvalue weighted by Gasteiger charge is 2.76. The number of halogens is 2. The molecule has 0 aliphatic heterocycles. The number of alkyl halides is 2. The van der Waals surface area contributed by atoms with Crippen LogP contribution < -0.4 is 10.6 Å². The van der Waals surface area contributed by atoms with Crippen molar-refractivity contribution in [2.24, 2.45) is 11.8 Å². The largest absolute Gasteiger partial charge is 0.469 e. The fourth-order valence-corrected chi connectivity index (χ4v) is 4.11. The summed E-state index contributed by atoms with van der Waals surface area (Å²) in [6.45, 7) is 6.90. The lowest BCUT2D eigenvalue weighted by molar-refractivity contribution is -0.145. The van der Waals surface area contributed by atoms with Crippen molar-refractivity contribution in [2.45, 2.75) is 39.7 Å². The summed E-state index contributed by atoms with van der Waals surface area (Å²) in [6.07, 6.45) is -1.22. The van der Waals surface area contributed by atoms with Crippen LogP contribution in [-0.4, -0.2) is 36.7 Å². The number of esters is 1. The number of aryl methyl sites for hydroxylation is 1. The van der Waals surface area contributed by atoms with Crippen molar-refractivity contribution in [1.82, 2.24) is 5.32 Å². The summed E-state index contributed by atoms with van der Waals surface area (Å²) < 4.78 is 37.5. The SMILES string of the molecule is COC(=O)C1C(C(=O)Nc2ccc(/C(C)=C(\NC(=O)OC(C)c3ccccc3C)C(C)=N)cc2)C1(F)F. The Labute approximate surface area is 213 Å². The summed E-state index contributed by atoms with van der Waals surface area (Å²) in [5.41, 5.74) is 3.63. The molecular formula is C27H29F2N3O5. The number of benzene rings is 2. The van der Waals surface area contributed by atoms with Crippen LogP contribution in [0.1, 0.15) is 43.6 Å². The zero-order valence-electron chi connectivity index (χ0n) is 21.1. The lowest BCUT2D eigenvalue weighted by Gasteiger charge is -2.18. The first-order valence-electron chi connectivity index (χ1n) is 11.5. The molecule has 1 aliphatic carbocycles. The zero-order chi connectivity index (χ0) is 27.5. The Morgan fingerprint density at radius 2 is 1.65 bits per heavy atom. The third kappa shape index (κ3) is 6.02. The predicted molar refractivity (Wildman–Crippen MR) is 134 cm³/mol. The molecule has 0 bridgehead atoms. The van der Waals surface area contributed by atoms with Gasteiger partial charge in [0.15, 0.2) is 0 Å². The Kier molecular flexibility index (Phi) is 8.10. The molecule has 3 N–H and O–H groups in total. The number of anilines is 1. The van der Waals surface area contributed by atoms with Gasteiger partial charge in [-0.1, -0.05) is 36.4 Å². The van der Waals surface area contributed by atoms with Crippen molar-refractivity contribution in [3.63, 3.8) is 0 Å². The second kappa shape index (κ2) is 10.9. The molecule has 0 heterocycles. The van der Waals surface area contributed by atoms with Crippen LogP contribution in [-0.2, 0) is 19.1 Å². The van der Waals surface area contributed by atoms with Gasteiger partial charge in [0.1, 0.15) is 17.9 Å². The van der Waals surface area contributed by atoms with Gasteiger partial charge in [-0.15, -0.1) is 0 Å². The van der Waals surface area contributed by atoms with Gasteiger partial charge in [-0.05, 0) is 62.1 Å². The summed E-state index contributed by atoms with van der Waals surface area (Å²) in [5, 5.41) is 13.1. The van der Waals surface area contributed by atoms with Gasteiger partial charge in [0.05, 0.1) is 18.5 Å². The van der Waals surface area contributed by atoms with E-state index in [1.807, 2.05) is 31.2 Å². The second-order valence-electron chi connectivity index (χ2n) is 8.87. The Morgan fingerprint density at radius 1 is 1.03 bits per heavy atom. The lowest BCUT2D eigenvalue weighted by atomic mass is 10.0. The molecule has 0 spiro atoms. The van der Waals surface area contributed by atoms with Crippen molar-refractivity contribution in [3.05, 3.63) is 70.9 Å². The number of carbonyl (C=O) groups is 3.